The molecule has 0 aliphatic heterocycles. The number of nitrogens with zero attached hydrogens (tertiary/aromatic N) is 3. The van der Waals surface area contributed by atoms with Gasteiger partial charge in [0.2, 0.25) is 39.6 Å². The summed E-state index contributed by atoms with van der Waals surface area (Å²) in [6, 6.07) is 20.7. The van der Waals surface area contributed by atoms with Crippen molar-refractivity contribution in [3.05, 3.63) is 91.0 Å². The van der Waals surface area contributed by atoms with Crippen LogP contribution in [0.15, 0.2) is 121 Å². The van der Waals surface area contributed by atoms with Crippen LogP contribution in [-0.2, 0) is 29.5 Å². The van der Waals surface area contributed by atoms with E-state index >= 15 is 0 Å². The van der Waals surface area contributed by atoms with E-state index in [9.17, 15) is 25.3 Å². The van der Waals surface area contributed by atoms with Crippen LogP contribution in [0, 0.1) is 0 Å². The summed E-state index contributed by atoms with van der Waals surface area (Å²) < 4.78 is 80.6. The molecule has 0 radical (unpaired) electrons. The van der Waals surface area contributed by atoms with Crippen LogP contribution in [0.1, 0.15) is 0 Å². The van der Waals surface area contributed by atoms with E-state index in [1.54, 1.807) is 18.2 Å². The van der Waals surface area contributed by atoms with E-state index in [0.29, 0.717) is 0 Å². The monoisotopic (exact) mass is 501 g/mol. The molecule has 0 fully saturated rings. The normalized spacial score (nSPS) is 12.4. The summed E-state index contributed by atoms with van der Waals surface area (Å²) >= 11 is 0. The molecule has 0 N–H and O–H groups in total. The second-order valence-electron chi connectivity index (χ2n) is 6.68. The van der Waals surface area contributed by atoms with Gasteiger partial charge in [0.05, 0.1) is 14.7 Å². The Labute approximate surface area is 190 Å². The number of sulfone groups is 3. The number of aromatic nitrogens is 3. The zero-order valence-electron chi connectivity index (χ0n) is 16.7. The van der Waals surface area contributed by atoms with Crippen molar-refractivity contribution in [2.24, 2.45) is 0 Å². The zero-order valence-corrected chi connectivity index (χ0v) is 19.1. The third-order valence-corrected chi connectivity index (χ3v) is 10.0. The van der Waals surface area contributed by atoms with E-state index in [1.807, 2.05) is 0 Å². The third kappa shape index (κ3) is 4.03. The maximum absolute atomic E-state index is 13.6. The van der Waals surface area contributed by atoms with Crippen molar-refractivity contribution in [2.45, 2.75) is 29.6 Å². The van der Waals surface area contributed by atoms with Gasteiger partial charge in [-0.05, 0) is 41.6 Å². The average Bonchev–Trinajstić information content (AvgIpc) is 2.85. The highest BCUT2D eigenvalue weighted by molar-refractivity contribution is 7.96. The van der Waals surface area contributed by atoms with Crippen LogP contribution in [0.5, 0.6) is 0 Å². The predicted octanol–water partition coefficient (Wildman–Crippen LogP) is 2.37. The van der Waals surface area contributed by atoms with E-state index in [1.165, 1.54) is 72.8 Å². The van der Waals surface area contributed by atoms with Crippen molar-refractivity contribution < 1.29 is 25.3 Å². The van der Waals surface area contributed by atoms with Gasteiger partial charge < -0.3 is 0 Å². The van der Waals surface area contributed by atoms with Crippen LogP contribution >= 0.6 is 0 Å². The Morgan fingerprint density at radius 1 is 0.424 bits per heavy atom. The average molecular weight is 502 g/mol. The summed E-state index contributed by atoms with van der Waals surface area (Å²) in [5, 5.41) is 8.25. The van der Waals surface area contributed by atoms with Crippen LogP contribution in [0.4, 0.5) is 0 Å². The molecule has 0 aliphatic rings. The minimum atomic E-state index is -4.71. The summed E-state index contributed by atoms with van der Waals surface area (Å²) in [6.45, 7) is 0. The van der Waals surface area contributed by atoms with Gasteiger partial charge in [-0.1, -0.05) is 54.6 Å². The van der Waals surface area contributed by atoms with Crippen LogP contribution in [-0.4, -0.2) is 40.7 Å². The summed E-state index contributed by atoms with van der Waals surface area (Å²) in [4.78, 5) is -1.94. The Bertz CT molecular complexity index is 1540. The smallest absolute Gasteiger partial charge is 0.218 e. The van der Waals surface area contributed by atoms with Gasteiger partial charge in [-0.15, -0.1) is 10.2 Å². The van der Waals surface area contributed by atoms with Gasteiger partial charge in [-0.3, -0.25) is 0 Å². The van der Waals surface area contributed by atoms with E-state index < -0.39 is 44.5 Å². The summed E-state index contributed by atoms with van der Waals surface area (Å²) in [6.07, 6.45) is 0. The molecule has 1 heterocycles. The second kappa shape index (κ2) is 8.46. The molecule has 3 aromatic carbocycles. The van der Waals surface area contributed by atoms with Gasteiger partial charge >= 0.3 is 0 Å². The first kappa shape index (κ1) is 22.7. The molecule has 0 saturated heterocycles. The second-order valence-corrected chi connectivity index (χ2v) is 12.3. The lowest BCUT2D eigenvalue weighted by Crippen LogP contribution is -2.20. The highest BCUT2D eigenvalue weighted by atomic mass is 32.2. The van der Waals surface area contributed by atoms with Crippen molar-refractivity contribution in [3.63, 3.8) is 0 Å². The molecule has 0 aliphatic carbocycles. The van der Waals surface area contributed by atoms with Gasteiger partial charge in [0.15, 0.2) is 4.90 Å². The van der Waals surface area contributed by atoms with Crippen molar-refractivity contribution in [2.75, 3.05) is 0 Å². The quantitative estimate of drug-likeness (QED) is 0.389. The molecule has 0 bridgehead atoms. The van der Waals surface area contributed by atoms with Gasteiger partial charge in [-0.25, -0.2) is 25.3 Å². The lowest BCUT2D eigenvalue weighted by molar-refractivity contribution is 0.544. The summed E-state index contributed by atoms with van der Waals surface area (Å²) in [5.74, 6) is 0. The lowest BCUT2D eigenvalue weighted by atomic mass is 10.4. The van der Waals surface area contributed by atoms with Crippen molar-refractivity contribution >= 4 is 29.5 Å². The van der Waals surface area contributed by atoms with Crippen molar-refractivity contribution in [3.8, 4) is 0 Å². The maximum atomic E-state index is 13.6. The Balaban J connectivity index is 2.12. The Morgan fingerprint density at radius 2 is 0.727 bits per heavy atom. The number of hydrogen-bond acceptors (Lipinski definition) is 9. The van der Waals surface area contributed by atoms with E-state index in [2.05, 4.69) is 15.4 Å². The molecule has 4 aromatic rings. The Hall–Kier alpha value is -3.48. The summed E-state index contributed by atoms with van der Waals surface area (Å²) in [5.41, 5.74) is 0. The molecule has 12 heteroatoms. The molecule has 0 amide bonds. The van der Waals surface area contributed by atoms with Gasteiger partial charge in [0.25, 0.3) is 0 Å². The highest BCUT2D eigenvalue weighted by Crippen LogP contribution is 2.34. The molecule has 9 nitrogen and oxygen atoms in total. The first-order valence-electron chi connectivity index (χ1n) is 9.30. The van der Waals surface area contributed by atoms with Crippen LogP contribution in [0.2, 0.25) is 0 Å². The van der Waals surface area contributed by atoms with E-state index in [4.69, 9.17) is 0 Å². The van der Waals surface area contributed by atoms with Crippen molar-refractivity contribution in [1.29, 1.82) is 0 Å². The van der Waals surface area contributed by atoms with Crippen LogP contribution in [0.3, 0.4) is 0 Å². The third-order valence-electron chi connectivity index (χ3n) is 4.60. The Morgan fingerprint density at radius 3 is 1.06 bits per heavy atom. The first-order chi connectivity index (χ1) is 15.7. The Kier molecular flexibility index (Phi) is 5.82. The zero-order chi connectivity index (χ0) is 23.7. The standard InChI is InChI=1S/C21H15N3O6S3/c25-31(26,16-10-4-1-5-11-16)19-20(32(27,28)17-12-6-2-7-13-17)22-24-23-21(19)33(29,30)18-14-8-3-9-15-18/h1-15H. The fourth-order valence-electron chi connectivity index (χ4n) is 3.01. The van der Waals surface area contributed by atoms with Crippen molar-refractivity contribution in [1.82, 2.24) is 15.4 Å². The fourth-order valence-corrected chi connectivity index (χ4v) is 8.13. The number of rotatable bonds is 6. The minimum Gasteiger partial charge on any atom is -0.218 e. The largest absolute Gasteiger partial charge is 0.227 e. The molecule has 168 valence electrons. The molecule has 0 spiro atoms. The molecule has 4 rings (SSSR count). The molecular formula is C21H15N3O6S3. The summed E-state index contributed by atoms with van der Waals surface area (Å²) in [7, 11) is -13.9. The topological polar surface area (TPSA) is 141 Å². The minimum absolute atomic E-state index is 0.280. The number of hydrogen-bond donors (Lipinski definition) is 0. The van der Waals surface area contributed by atoms with Gasteiger partial charge in [0.1, 0.15) is 0 Å². The molecule has 0 saturated carbocycles. The molecule has 0 unspecified atom stereocenters. The molecular weight excluding hydrogens is 486 g/mol. The van der Waals surface area contributed by atoms with Gasteiger partial charge in [0, 0.05) is 0 Å². The van der Waals surface area contributed by atoms with E-state index in [-0.39, 0.29) is 14.7 Å². The predicted molar refractivity (Wildman–Crippen MR) is 116 cm³/mol. The number of benzene rings is 3. The SMILES string of the molecule is O=S(=O)(c1ccccc1)c1nnnc(S(=O)(=O)c2ccccc2)c1S(=O)(=O)c1ccccc1. The van der Waals surface area contributed by atoms with Gasteiger partial charge in [-0.2, -0.15) is 0 Å². The maximum Gasteiger partial charge on any atom is 0.227 e. The van der Waals surface area contributed by atoms with Crippen LogP contribution < -0.4 is 0 Å². The highest BCUT2D eigenvalue weighted by Gasteiger charge is 2.39. The molecule has 33 heavy (non-hydrogen) atoms. The fraction of sp³-hybridized carbons (Fsp3) is 0. The molecule has 0 atom stereocenters. The first-order valence-corrected chi connectivity index (χ1v) is 13.8. The molecule has 1 aromatic heterocycles. The lowest BCUT2D eigenvalue weighted by Gasteiger charge is -2.13. The van der Waals surface area contributed by atoms with Crippen LogP contribution in [0.25, 0.3) is 0 Å². The van der Waals surface area contributed by atoms with E-state index in [0.717, 1.165) is 0 Å².